The first kappa shape index (κ1) is 15.2. The highest BCUT2D eigenvalue weighted by Gasteiger charge is 2.52. The van der Waals surface area contributed by atoms with Gasteiger partial charge in [0.2, 0.25) is 5.79 Å². The zero-order valence-electron chi connectivity index (χ0n) is 13.4. The number of benzene rings is 2. The molecule has 0 radical (unpaired) electrons. The van der Waals surface area contributed by atoms with Crippen LogP contribution in [0.3, 0.4) is 0 Å². The molecular weight excluding hydrogens is 336 g/mol. The first-order valence-electron chi connectivity index (χ1n) is 8.16. The van der Waals surface area contributed by atoms with Crippen LogP contribution in [0.5, 0.6) is 11.5 Å². The third-order valence-corrected chi connectivity index (χ3v) is 5.14. The van der Waals surface area contributed by atoms with Crippen molar-refractivity contribution in [1.29, 1.82) is 0 Å². The highest BCUT2D eigenvalue weighted by Crippen LogP contribution is 2.57. The number of carbonyl (C=O) groups excluding carboxylic acids is 1. The van der Waals surface area contributed by atoms with E-state index in [4.69, 9.17) is 4.74 Å². The molecule has 2 atom stereocenters. The van der Waals surface area contributed by atoms with Crippen molar-refractivity contribution < 1.29 is 30.0 Å². The molecule has 130 valence electrons. The molecule has 3 aliphatic rings. The molecule has 0 amide bonds. The predicted molar refractivity (Wildman–Crippen MR) is 91.1 cm³/mol. The summed E-state index contributed by atoms with van der Waals surface area (Å²) >= 11 is 0. The summed E-state index contributed by atoms with van der Waals surface area (Å²) < 4.78 is 5.69. The third-order valence-electron chi connectivity index (χ3n) is 5.14. The lowest BCUT2D eigenvalue weighted by Crippen LogP contribution is -2.36. The van der Waals surface area contributed by atoms with Crippen molar-refractivity contribution in [3.05, 3.63) is 70.5 Å². The van der Waals surface area contributed by atoms with Gasteiger partial charge in [-0.1, -0.05) is 24.3 Å². The number of phenolic OH excluding ortho intramolecular Hbond substituents is 2. The number of phenols is 2. The van der Waals surface area contributed by atoms with Crippen molar-refractivity contribution in [3.63, 3.8) is 0 Å². The minimum atomic E-state index is -1.82. The van der Waals surface area contributed by atoms with Crippen LogP contribution < -0.4 is 0 Å². The second-order valence-electron chi connectivity index (χ2n) is 6.67. The summed E-state index contributed by atoms with van der Waals surface area (Å²) in [5.74, 6) is -2.29. The van der Waals surface area contributed by atoms with E-state index >= 15 is 0 Å². The summed E-state index contributed by atoms with van der Waals surface area (Å²) in [6.07, 6.45) is -0.0772. The molecule has 0 spiro atoms. The average molecular weight is 350 g/mol. The number of ketones is 1. The quantitative estimate of drug-likeness (QED) is 0.580. The highest BCUT2D eigenvalue weighted by molar-refractivity contribution is 6.19. The Bertz CT molecular complexity index is 1060. The van der Waals surface area contributed by atoms with Gasteiger partial charge in [0, 0.05) is 34.8 Å². The van der Waals surface area contributed by atoms with Crippen molar-refractivity contribution in [3.8, 4) is 11.5 Å². The first-order chi connectivity index (χ1) is 12.4. The molecule has 0 saturated carbocycles. The van der Waals surface area contributed by atoms with E-state index in [1.54, 1.807) is 24.3 Å². The lowest BCUT2D eigenvalue weighted by Gasteiger charge is -2.34. The smallest absolute Gasteiger partial charge is 0.239 e. The topological polar surface area (TPSA) is 107 Å². The number of hydrogen-bond acceptors (Lipinski definition) is 6. The second-order valence-corrected chi connectivity index (χ2v) is 6.67. The van der Waals surface area contributed by atoms with Crippen molar-refractivity contribution in [2.75, 3.05) is 0 Å². The number of carbonyl (C=O) groups is 1. The van der Waals surface area contributed by atoms with E-state index in [1.807, 2.05) is 0 Å². The van der Waals surface area contributed by atoms with Gasteiger partial charge in [0.1, 0.15) is 17.3 Å². The molecule has 0 fully saturated rings. The van der Waals surface area contributed by atoms with Crippen LogP contribution in [0.15, 0.2) is 48.2 Å². The fourth-order valence-corrected chi connectivity index (χ4v) is 4.14. The molecule has 0 saturated heterocycles. The number of aliphatic hydroxyl groups excluding tert-OH is 1. The Kier molecular flexibility index (Phi) is 2.77. The molecule has 26 heavy (non-hydrogen) atoms. The summed E-state index contributed by atoms with van der Waals surface area (Å²) in [5.41, 5.74) is 2.20. The van der Waals surface area contributed by atoms with Crippen molar-refractivity contribution in [2.45, 2.75) is 18.3 Å². The largest absolute Gasteiger partial charge is 0.508 e. The lowest BCUT2D eigenvalue weighted by atomic mass is 9.77. The summed E-state index contributed by atoms with van der Waals surface area (Å²) in [7, 11) is 0. The average Bonchev–Trinajstić information content (AvgIpc) is 2.86. The maximum Gasteiger partial charge on any atom is 0.239 e. The molecule has 5 rings (SSSR count). The van der Waals surface area contributed by atoms with Gasteiger partial charge in [0.05, 0.1) is 11.7 Å². The number of fused-ring (bicyclic) bond motifs is 6. The second kappa shape index (κ2) is 4.75. The molecule has 6 nitrogen and oxygen atoms in total. The number of rotatable bonds is 0. The van der Waals surface area contributed by atoms with Crippen molar-refractivity contribution >= 4 is 16.9 Å². The van der Waals surface area contributed by atoms with Gasteiger partial charge in [0.25, 0.3) is 0 Å². The Morgan fingerprint density at radius 3 is 2.50 bits per heavy atom. The predicted octanol–water partition coefficient (Wildman–Crippen LogP) is 2.24. The molecule has 2 aromatic rings. The molecule has 6 heteroatoms. The summed E-state index contributed by atoms with van der Waals surface area (Å²) in [6, 6.07) is 9.46. The SMILES string of the molecule is O=C1C=C2O[C@@]3(O)C[C@@H](O)c4c(O)cccc4C3=C2c2cccc(O)c21. The van der Waals surface area contributed by atoms with Gasteiger partial charge in [-0.2, -0.15) is 0 Å². The van der Waals surface area contributed by atoms with Crippen LogP contribution >= 0.6 is 0 Å². The van der Waals surface area contributed by atoms with E-state index in [0.29, 0.717) is 27.8 Å². The van der Waals surface area contributed by atoms with E-state index in [2.05, 4.69) is 0 Å². The molecule has 4 N–H and O–H groups in total. The maximum atomic E-state index is 12.4. The third kappa shape index (κ3) is 1.75. The lowest BCUT2D eigenvalue weighted by molar-refractivity contribution is -0.142. The fraction of sp³-hybridized carbons (Fsp3) is 0.150. The van der Waals surface area contributed by atoms with Crippen LogP contribution in [-0.4, -0.2) is 32.0 Å². The van der Waals surface area contributed by atoms with Gasteiger partial charge in [-0.05, 0) is 17.7 Å². The molecule has 0 aromatic heterocycles. The molecule has 1 heterocycles. The van der Waals surface area contributed by atoms with Crippen LogP contribution in [-0.2, 0) is 4.74 Å². The Morgan fingerprint density at radius 2 is 1.73 bits per heavy atom. The molecular formula is C20H14O6. The fourth-order valence-electron chi connectivity index (χ4n) is 4.14. The minimum absolute atomic E-state index is 0.0782. The normalized spacial score (nSPS) is 25.7. The number of aromatic hydroxyl groups is 2. The van der Waals surface area contributed by atoms with Gasteiger partial charge in [-0.25, -0.2) is 0 Å². The number of hydrogen-bond donors (Lipinski definition) is 4. The summed E-state index contributed by atoms with van der Waals surface area (Å²) in [4.78, 5) is 12.4. The zero-order valence-corrected chi connectivity index (χ0v) is 13.4. The van der Waals surface area contributed by atoms with E-state index in [-0.39, 0.29) is 29.2 Å². The monoisotopic (exact) mass is 350 g/mol. The Morgan fingerprint density at radius 1 is 1.04 bits per heavy atom. The van der Waals surface area contributed by atoms with E-state index in [9.17, 15) is 25.2 Å². The Balaban J connectivity index is 1.91. The summed E-state index contributed by atoms with van der Waals surface area (Å²) in [6.45, 7) is 0. The van der Waals surface area contributed by atoms with Gasteiger partial charge >= 0.3 is 0 Å². The number of allylic oxidation sites excluding steroid dienone is 2. The zero-order chi connectivity index (χ0) is 18.2. The number of aliphatic hydroxyl groups is 2. The van der Waals surface area contributed by atoms with Crippen LogP contribution in [0.1, 0.15) is 39.6 Å². The van der Waals surface area contributed by atoms with E-state index < -0.39 is 17.7 Å². The van der Waals surface area contributed by atoms with E-state index in [0.717, 1.165) is 0 Å². The molecule has 0 bridgehead atoms. The van der Waals surface area contributed by atoms with Crippen LogP contribution in [0, 0.1) is 0 Å². The summed E-state index contributed by atoms with van der Waals surface area (Å²) in [5, 5.41) is 41.9. The Hall–Kier alpha value is -3.09. The van der Waals surface area contributed by atoms with Gasteiger partial charge in [-0.3, -0.25) is 4.79 Å². The molecule has 2 aromatic carbocycles. The Labute approximate surface area is 147 Å². The highest BCUT2D eigenvalue weighted by atomic mass is 16.6. The number of ether oxygens (including phenoxy) is 1. The molecule has 1 aliphatic heterocycles. The first-order valence-corrected chi connectivity index (χ1v) is 8.16. The van der Waals surface area contributed by atoms with Gasteiger partial charge < -0.3 is 25.2 Å². The van der Waals surface area contributed by atoms with Gasteiger partial charge in [0.15, 0.2) is 5.78 Å². The van der Waals surface area contributed by atoms with Crippen LogP contribution in [0.25, 0.3) is 11.1 Å². The van der Waals surface area contributed by atoms with Crippen LogP contribution in [0.4, 0.5) is 0 Å². The van der Waals surface area contributed by atoms with Crippen molar-refractivity contribution in [1.82, 2.24) is 0 Å². The van der Waals surface area contributed by atoms with E-state index in [1.165, 1.54) is 18.2 Å². The van der Waals surface area contributed by atoms with Crippen LogP contribution in [0.2, 0.25) is 0 Å². The molecule has 2 aliphatic carbocycles. The standard InChI is InChI=1S/C20H14O6/c21-11-5-1-3-9-16(11)13(23)7-15-18(9)19-10-4-2-6-12(22)17(10)14(24)8-20(19,25)26-15/h1-7,14,21-22,24-25H,8H2/t14-,20+/m1/s1. The minimum Gasteiger partial charge on any atom is -0.508 e. The maximum absolute atomic E-state index is 12.4. The molecule has 0 unspecified atom stereocenters. The van der Waals surface area contributed by atoms with Crippen molar-refractivity contribution in [2.24, 2.45) is 0 Å². The van der Waals surface area contributed by atoms with Gasteiger partial charge in [-0.15, -0.1) is 0 Å².